The molecule has 0 spiro atoms. The molecule has 0 heterocycles. The molecule has 0 saturated carbocycles. The lowest BCUT2D eigenvalue weighted by molar-refractivity contribution is 0.0991. The van der Waals surface area contributed by atoms with Crippen LogP contribution in [0.4, 0.5) is 4.39 Å². The summed E-state index contributed by atoms with van der Waals surface area (Å²) in [6.45, 7) is 0. The molecule has 0 unspecified atom stereocenters. The molecule has 0 N–H and O–H groups in total. The lowest BCUT2D eigenvalue weighted by atomic mass is 10.0. The van der Waals surface area contributed by atoms with Gasteiger partial charge in [-0.15, -0.1) is 0 Å². The smallest absolute Gasteiger partial charge is 0.168 e. The summed E-state index contributed by atoms with van der Waals surface area (Å²) in [6.07, 6.45) is 0.0309. The van der Waals surface area contributed by atoms with E-state index in [0.29, 0.717) is 11.1 Å². The second-order valence-electron chi connectivity index (χ2n) is 4.04. The minimum absolute atomic E-state index is 0.0309. The molecule has 4 heteroatoms. The second kappa shape index (κ2) is 6.14. The van der Waals surface area contributed by atoms with Gasteiger partial charge in [0.05, 0.1) is 7.11 Å². The van der Waals surface area contributed by atoms with Crippen LogP contribution in [0.25, 0.3) is 0 Å². The van der Waals surface area contributed by atoms with Gasteiger partial charge in [-0.1, -0.05) is 24.3 Å². The summed E-state index contributed by atoms with van der Waals surface area (Å²) < 4.78 is 19.8. The number of benzene rings is 2. The standard InChI is InChI=1S/C15H12FIO2/c1-19-14-7-3-5-11(15(14)16)9-13(18)10-4-2-6-12(17)8-10/h2-8H,9H2,1H3. The van der Waals surface area contributed by atoms with E-state index in [1.807, 2.05) is 12.1 Å². The Morgan fingerprint density at radius 1 is 1.26 bits per heavy atom. The van der Waals surface area contributed by atoms with Crippen LogP contribution in [-0.2, 0) is 6.42 Å². The van der Waals surface area contributed by atoms with Gasteiger partial charge >= 0.3 is 0 Å². The first-order valence-corrected chi connectivity index (χ1v) is 6.80. The summed E-state index contributed by atoms with van der Waals surface area (Å²) in [5.41, 5.74) is 0.942. The predicted octanol–water partition coefficient (Wildman–Crippen LogP) is 3.86. The molecule has 0 aliphatic rings. The van der Waals surface area contributed by atoms with Crippen LogP contribution in [0.5, 0.6) is 5.75 Å². The third-order valence-electron chi connectivity index (χ3n) is 2.76. The van der Waals surface area contributed by atoms with Crippen LogP contribution in [0.15, 0.2) is 42.5 Å². The first kappa shape index (κ1) is 14.0. The van der Waals surface area contributed by atoms with E-state index < -0.39 is 5.82 Å². The van der Waals surface area contributed by atoms with Gasteiger partial charge < -0.3 is 4.74 Å². The van der Waals surface area contributed by atoms with Crippen molar-refractivity contribution in [2.75, 3.05) is 7.11 Å². The summed E-state index contributed by atoms with van der Waals surface area (Å²) in [5, 5.41) is 0. The second-order valence-corrected chi connectivity index (χ2v) is 5.29. The molecule has 0 bridgehead atoms. The number of rotatable bonds is 4. The van der Waals surface area contributed by atoms with Gasteiger partial charge in [0.15, 0.2) is 17.3 Å². The van der Waals surface area contributed by atoms with Crippen molar-refractivity contribution in [2.24, 2.45) is 0 Å². The molecule has 98 valence electrons. The number of halogens is 2. The molecule has 0 radical (unpaired) electrons. The number of ether oxygens (including phenoxy) is 1. The van der Waals surface area contributed by atoms with Crippen LogP contribution >= 0.6 is 22.6 Å². The van der Waals surface area contributed by atoms with Crippen LogP contribution in [-0.4, -0.2) is 12.9 Å². The Balaban J connectivity index is 2.24. The fraction of sp³-hybridized carbons (Fsp3) is 0.133. The van der Waals surface area contributed by atoms with Crippen molar-refractivity contribution in [3.8, 4) is 5.75 Å². The monoisotopic (exact) mass is 370 g/mol. The summed E-state index contributed by atoms with van der Waals surface area (Å²) in [6, 6.07) is 12.1. The number of carbonyl (C=O) groups is 1. The molecular weight excluding hydrogens is 358 g/mol. The first-order valence-electron chi connectivity index (χ1n) is 5.72. The highest BCUT2D eigenvalue weighted by Crippen LogP contribution is 2.21. The Morgan fingerprint density at radius 3 is 2.68 bits per heavy atom. The van der Waals surface area contributed by atoms with E-state index in [9.17, 15) is 9.18 Å². The fourth-order valence-corrected chi connectivity index (χ4v) is 2.33. The topological polar surface area (TPSA) is 26.3 Å². The van der Waals surface area contributed by atoms with Crippen molar-refractivity contribution in [3.63, 3.8) is 0 Å². The summed E-state index contributed by atoms with van der Waals surface area (Å²) in [5.74, 6) is -0.414. The van der Waals surface area contributed by atoms with Gasteiger partial charge in [0, 0.05) is 15.6 Å². The van der Waals surface area contributed by atoms with E-state index in [0.717, 1.165) is 3.57 Å². The molecular formula is C15H12FIO2. The Labute approximate surface area is 124 Å². The Hall–Kier alpha value is -1.43. The van der Waals surface area contributed by atoms with Crippen LogP contribution in [0, 0.1) is 9.39 Å². The van der Waals surface area contributed by atoms with Crippen molar-refractivity contribution in [2.45, 2.75) is 6.42 Å². The first-order chi connectivity index (χ1) is 9.11. The van der Waals surface area contributed by atoms with Gasteiger partial charge in [0.1, 0.15) is 0 Å². The predicted molar refractivity (Wildman–Crippen MR) is 80.1 cm³/mol. The summed E-state index contributed by atoms with van der Waals surface area (Å²) in [7, 11) is 1.41. The maximum atomic E-state index is 13.9. The molecule has 0 amide bonds. The summed E-state index contributed by atoms with van der Waals surface area (Å²) in [4.78, 5) is 12.1. The Morgan fingerprint density at radius 2 is 2.00 bits per heavy atom. The quantitative estimate of drug-likeness (QED) is 0.604. The number of Topliss-reactive ketones (excluding diaryl/α,β-unsaturated/α-hetero) is 1. The van der Waals surface area contributed by atoms with Crippen LogP contribution in [0.1, 0.15) is 15.9 Å². The highest BCUT2D eigenvalue weighted by molar-refractivity contribution is 14.1. The maximum absolute atomic E-state index is 13.9. The number of hydrogen-bond donors (Lipinski definition) is 0. The highest BCUT2D eigenvalue weighted by Gasteiger charge is 2.13. The molecule has 2 nitrogen and oxygen atoms in total. The third kappa shape index (κ3) is 3.32. The van der Waals surface area contributed by atoms with E-state index in [1.165, 1.54) is 13.2 Å². The van der Waals surface area contributed by atoms with Crippen molar-refractivity contribution in [3.05, 3.63) is 63.0 Å². The number of hydrogen-bond acceptors (Lipinski definition) is 2. The maximum Gasteiger partial charge on any atom is 0.168 e. The zero-order valence-corrected chi connectivity index (χ0v) is 12.5. The molecule has 2 aromatic carbocycles. The normalized spacial score (nSPS) is 10.3. The van der Waals surface area contributed by atoms with Crippen LogP contribution < -0.4 is 4.74 Å². The average Bonchev–Trinajstić information content (AvgIpc) is 2.41. The molecule has 0 fully saturated rings. The largest absolute Gasteiger partial charge is 0.494 e. The highest BCUT2D eigenvalue weighted by atomic mass is 127. The van der Waals surface area contributed by atoms with Gasteiger partial charge in [-0.2, -0.15) is 0 Å². The van der Waals surface area contributed by atoms with E-state index in [4.69, 9.17) is 4.74 Å². The molecule has 2 rings (SSSR count). The Kier molecular flexibility index (Phi) is 4.52. The lowest BCUT2D eigenvalue weighted by Gasteiger charge is -2.07. The number of methoxy groups -OCH3 is 1. The fourth-order valence-electron chi connectivity index (χ4n) is 1.79. The third-order valence-corrected chi connectivity index (χ3v) is 3.43. The van der Waals surface area contributed by atoms with E-state index in [-0.39, 0.29) is 18.0 Å². The van der Waals surface area contributed by atoms with Crippen LogP contribution in [0.3, 0.4) is 0 Å². The van der Waals surface area contributed by atoms with Crippen molar-refractivity contribution in [1.29, 1.82) is 0 Å². The van der Waals surface area contributed by atoms with Gasteiger partial charge in [0.25, 0.3) is 0 Å². The Bertz CT molecular complexity index is 611. The minimum Gasteiger partial charge on any atom is -0.494 e. The lowest BCUT2D eigenvalue weighted by Crippen LogP contribution is -2.06. The SMILES string of the molecule is COc1cccc(CC(=O)c2cccc(I)c2)c1F. The van der Waals surface area contributed by atoms with E-state index in [1.54, 1.807) is 24.3 Å². The summed E-state index contributed by atoms with van der Waals surface area (Å²) >= 11 is 2.14. The van der Waals surface area contributed by atoms with Gasteiger partial charge in [0.2, 0.25) is 0 Å². The molecule has 0 aromatic heterocycles. The zero-order valence-electron chi connectivity index (χ0n) is 10.3. The number of ketones is 1. The molecule has 19 heavy (non-hydrogen) atoms. The molecule has 0 aliphatic carbocycles. The molecule has 0 aliphatic heterocycles. The number of carbonyl (C=O) groups excluding carboxylic acids is 1. The molecule has 0 atom stereocenters. The van der Waals surface area contributed by atoms with Crippen molar-refractivity contribution in [1.82, 2.24) is 0 Å². The van der Waals surface area contributed by atoms with Gasteiger partial charge in [-0.25, -0.2) is 4.39 Å². The van der Waals surface area contributed by atoms with Gasteiger partial charge in [-0.05, 0) is 46.4 Å². The zero-order chi connectivity index (χ0) is 13.8. The minimum atomic E-state index is -0.469. The molecule has 0 saturated heterocycles. The van der Waals surface area contributed by atoms with Crippen molar-refractivity contribution >= 4 is 28.4 Å². The van der Waals surface area contributed by atoms with Gasteiger partial charge in [-0.3, -0.25) is 4.79 Å². The van der Waals surface area contributed by atoms with E-state index in [2.05, 4.69) is 22.6 Å². The average molecular weight is 370 g/mol. The van der Waals surface area contributed by atoms with E-state index >= 15 is 0 Å². The van der Waals surface area contributed by atoms with Crippen LogP contribution in [0.2, 0.25) is 0 Å². The van der Waals surface area contributed by atoms with Crippen molar-refractivity contribution < 1.29 is 13.9 Å². The molecule has 2 aromatic rings.